The van der Waals surface area contributed by atoms with Gasteiger partial charge < -0.3 is 9.47 Å². The maximum Gasteiger partial charge on any atom is 0.316 e. The van der Waals surface area contributed by atoms with Crippen LogP contribution in [-0.4, -0.2) is 29.2 Å². The molecule has 1 aromatic heterocycles. The molecule has 1 atom stereocenters. The zero-order valence-corrected chi connectivity index (χ0v) is 17.3. The van der Waals surface area contributed by atoms with Gasteiger partial charge >= 0.3 is 5.97 Å². The van der Waals surface area contributed by atoms with Crippen molar-refractivity contribution in [1.29, 1.82) is 0 Å². The molecule has 5 nitrogen and oxygen atoms in total. The minimum atomic E-state index is -0.291. The van der Waals surface area contributed by atoms with Crippen LogP contribution in [0.5, 0.6) is 5.75 Å². The molecular weight excluding hydrogens is 352 g/mol. The topological polar surface area (TPSA) is 61.3 Å². The number of nitrogens with zero attached hydrogens (tertiary/aromatic N) is 2. The minimum absolute atomic E-state index is 0.278. The summed E-state index contributed by atoms with van der Waals surface area (Å²) in [5, 5.41) is 0. The summed E-state index contributed by atoms with van der Waals surface area (Å²) in [5.74, 6) is 0.623. The molecule has 1 unspecified atom stereocenters. The fourth-order valence-electron chi connectivity index (χ4n) is 2.68. The van der Waals surface area contributed by atoms with Crippen LogP contribution in [0.15, 0.2) is 36.7 Å². The van der Waals surface area contributed by atoms with E-state index in [2.05, 4.69) is 23.8 Å². The number of rotatable bonds is 12. The average Bonchev–Trinajstić information content (AvgIpc) is 2.73. The van der Waals surface area contributed by atoms with Crippen LogP contribution in [0, 0.1) is 5.92 Å². The number of esters is 1. The van der Waals surface area contributed by atoms with Crippen molar-refractivity contribution in [3.63, 3.8) is 0 Å². The van der Waals surface area contributed by atoms with E-state index in [9.17, 15) is 4.79 Å². The van der Waals surface area contributed by atoms with E-state index in [1.54, 1.807) is 12.1 Å². The molecule has 0 radical (unpaired) electrons. The highest BCUT2D eigenvalue weighted by Crippen LogP contribution is 2.20. The van der Waals surface area contributed by atoms with Crippen molar-refractivity contribution in [1.82, 2.24) is 9.97 Å². The minimum Gasteiger partial charge on any atom is -0.426 e. The van der Waals surface area contributed by atoms with Crippen LogP contribution in [0.3, 0.4) is 0 Å². The molecule has 0 fully saturated rings. The van der Waals surface area contributed by atoms with Gasteiger partial charge in [0.25, 0.3) is 0 Å². The number of ether oxygens (including phenoxy) is 2. The molecule has 0 aliphatic rings. The number of carbonyl (C=O) groups is 1. The van der Waals surface area contributed by atoms with Gasteiger partial charge in [-0.3, -0.25) is 4.79 Å². The number of aromatic nitrogens is 2. The van der Waals surface area contributed by atoms with Crippen molar-refractivity contribution in [2.24, 2.45) is 5.92 Å². The Kier molecular flexibility index (Phi) is 9.63. The van der Waals surface area contributed by atoms with E-state index in [4.69, 9.17) is 9.47 Å². The first-order chi connectivity index (χ1) is 13.6. The van der Waals surface area contributed by atoms with Crippen molar-refractivity contribution in [3.8, 4) is 17.1 Å². The second-order valence-electron chi connectivity index (χ2n) is 7.15. The molecule has 1 aromatic carbocycles. The van der Waals surface area contributed by atoms with Gasteiger partial charge in [0.1, 0.15) is 5.75 Å². The van der Waals surface area contributed by atoms with Crippen LogP contribution in [0.1, 0.15) is 58.4 Å². The van der Waals surface area contributed by atoms with Crippen LogP contribution in [0.4, 0.5) is 0 Å². The van der Waals surface area contributed by atoms with Gasteiger partial charge in [-0.05, 0) is 56.0 Å². The van der Waals surface area contributed by atoms with E-state index in [0.29, 0.717) is 24.8 Å². The van der Waals surface area contributed by atoms with Gasteiger partial charge in [0, 0.05) is 24.6 Å². The summed E-state index contributed by atoms with van der Waals surface area (Å²) < 4.78 is 11.0. The van der Waals surface area contributed by atoms with E-state index in [0.717, 1.165) is 49.7 Å². The molecular formula is C23H32N2O3. The van der Waals surface area contributed by atoms with Gasteiger partial charge in [0.2, 0.25) is 0 Å². The summed E-state index contributed by atoms with van der Waals surface area (Å²) in [6, 6.07) is 7.29. The average molecular weight is 385 g/mol. The van der Waals surface area contributed by atoms with Gasteiger partial charge in [-0.15, -0.1) is 0 Å². The molecule has 0 spiro atoms. The van der Waals surface area contributed by atoms with Crippen molar-refractivity contribution in [3.05, 3.63) is 42.2 Å². The van der Waals surface area contributed by atoms with Crippen LogP contribution >= 0.6 is 0 Å². The summed E-state index contributed by atoms with van der Waals surface area (Å²) in [7, 11) is 0. The van der Waals surface area contributed by atoms with E-state index in [-0.39, 0.29) is 11.9 Å². The lowest BCUT2D eigenvalue weighted by molar-refractivity contribution is -0.140. The Labute approximate surface area is 168 Å². The monoisotopic (exact) mass is 384 g/mol. The Morgan fingerprint density at radius 3 is 2.32 bits per heavy atom. The Hall–Kier alpha value is -2.27. The zero-order valence-electron chi connectivity index (χ0n) is 17.3. The highest BCUT2D eigenvalue weighted by Gasteiger charge is 2.15. The molecule has 5 heteroatoms. The molecule has 28 heavy (non-hydrogen) atoms. The lowest BCUT2D eigenvalue weighted by atomic mass is 10.1. The number of unbranched alkanes of at least 4 members (excludes halogenated alkanes) is 3. The van der Waals surface area contributed by atoms with E-state index >= 15 is 0 Å². The number of aryl methyl sites for hydroxylation is 1. The fraction of sp³-hybridized carbons (Fsp3) is 0.522. The first kappa shape index (κ1) is 22.0. The molecule has 1 heterocycles. The standard InChI is InChI=1S/C23H32N2O3/c1-4-6-8-14-27-17-18(3)23(26)28-21-12-10-20(11-13-21)22-24-15-19(16-25-22)9-7-5-2/h10-13,15-16,18H,4-9,14,17H2,1-3H3. The fourth-order valence-corrected chi connectivity index (χ4v) is 2.68. The summed E-state index contributed by atoms with van der Waals surface area (Å²) in [6.07, 6.45) is 10.4. The summed E-state index contributed by atoms with van der Waals surface area (Å²) >= 11 is 0. The van der Waals surface area contributed by atoms with E-state index in [1.807, 2.05) is 31.5 Å². The maximum atomic E-state index is 12.2. The molecule has 2 rings (SSSR count). The van der Waals surface area contributed by atoms with Crippen LogP contribution in [0.25, 0.3) is 11.4 Å². The quantitative estimate of drug-likeness (QED) is 0.285. The first-order valence-corrected chi connectivity index (χ1v) is 10.3. The Morgan fingerprint density at radius 2 is 1.68 bits per heavy atom. The lowest BCUT2D eigenvalue weighted by Crippen LogP contribution is -2.22. The third-order valence-corrected chi connectivity index (χ3v) is 4.52. The maximum absolute atomic E-state index is 12.2. The predicted molar refractivity (Wildman–Crippen MR) is 111 cm³/mol. The highest BCUT2D eigenvalue weighted by molar-refractivity contribution is 5.75. The van der Waals surface area contributed by atoms with Crippen molar-refractivity contribution < 1.29 is 14.3 Å². The zero-order chi connectivity index (χ0) is 20.2. The van der Waals surface area contributed by atoms with Gasteiger partial charge in [0.05, 0.1) is 12.5 Å². The number of carbonyl (C=O) groups excluding carboxylic acids is 1. The van der Waals surface area contributed by atoms with E-state index in [1.165, 1.54) is 0 Å². The molecule has 2 aromatic rings. The first-order valence-electron chi connectivity index (χ1n) is 10.3. The van der Waals surface area contributed by atoms with Crippen LogP contribution in [0.2, 0.25) is 0 Å². The highest BCUT2D eigenvalue weighted by atomic mass is 16.5. The smallest absolute Gasteiger partial charge is 0.316 e. The van der Waals surface area contributed by atoms with Crippen LogP contribution in [-0.2, 0) is 16.0 Å². The largest absolute Gasteiger partial charge is 0.426 e. The second-order valence-corrected chi connectivity index (χ2v) is 7.15. The van der Waals surface area contributed by atoms with Gasteiger partial charge in [0.15, 0.2) is 5.82 Å². The number of hydrogen-bond acceptors (Lipinski definition) is 5. The number of benzene rings is 1. The van der Waals surface area contributed by atoms with E-state index < -0.39 is 0 Å². The van der Waals surface area contributed by atoms with Gasteiger partial charge in [-0.2, -0.15) is 0 Å². The molecule has 0 saturated heterocycles. The number of hydrogen-bond donors (Lipinski definition) is 0. The van der Waals surface area contributed by atoms with Crippen molar-refractivity contribution in [2.45, 2.75) is 59.3 Å². The molecule has 0 aliphatic heterocycles. The Bertz CT molecular complexity index is 699. The van der Waals surface area contributed by atoms with Gasteiger partial charge in [-0.1, -0.05) is 33.1 Å². The molecule has 0 saturated carbocycles. The van der Waals surface area contributed by atoms with Gasteiger partial charge in [-0.25, -0.2) is 9.97 Å². The summed E-state index contributed by atoms with van der Waals surface area (Å²) in [6.45, 7) is 7.23. The molecule has 0 bridgehead atoms. The SMILES string of the molecule is CCCCCOCC(C)C(=O)Oc1ccc(-c2ncc(CCCC)cn2)cc1. The molecule has 0 N–H and O–H groups in total. The predicted octanol–water partition coefficient (Wildman–Crippen LogP) is 5.23. The molecule has 0 aliphatic carbocycles. The summed E-state index contributed by atoms with van der Waals surface area (Å²) in [5.41, 5.74) is 2.05. The Balaban J connectivity index is 1.83. The second kappa shape index (κ2) is 12.2. The van der Waals surface area contributed by atoms with Crippen LogP contribution < -0.4 is 4.74 Å². The normalized spacial score (nSPS) is 12.0. The third kappa shape index (κ3) is 7.39. The molecule has 152 valence electrons. The third-order valence-electron chi connectivity index (χ3n) is 4.52. The Morgan fingerprint density at radius 1 is 1.00 bits per heavy atom. The van der Waals surface area contributed by atoms with Crippen molar-refractivity contribution >= 4 is 5.97 Å². The lowest BCUT2D eigenvalue weighted by Gasteiger charge is -2.12. The molecule has 0 amide bonds. The van der Waals surface area contributed by atoms with Crippen molar-refractivity contribution in [2.75, 3.05) is 13.2 Å². The summed E-state index contributed by atoms with van der Waals surface area (Å²) in [4.78, 5) is 21.1.